The highest BCUT2D eigenvalue weighted by Crippen LogP contribution is 2.32. The molecule has 0 saturated carbocycles. The predicted octanol–water partition coefficient (Wildman–Crippen LogP) is 3.10. The number of nitrogens with zero attached hydrogens (tertiary/aromatic N) is 2. The van der Waals surface area contributed by atoms with E-state index in [9.17, 15) is 9.18 Å². The molecule has 0 N–H and O–H groups in total. The zero-order valence-electron chi connectivity index (χ0n) is 11.4. The Kier molecular flexibility index (Phi) is 3.04. The van der Waals surface area contributed by atoms with Crippen molar-refractivity contribution in [3.63, 3.8) is 0 Å². The number of benzene rings is 1. The number of aryl methyl sites for hydroxylation is 2. The Morgan fingerprint density at radius 1 is 1.45 bits per heavy atom. The van der Waals surface area contributed by atoms with Gasteiger partial charge in [0.2, 0.25) is 0 Å². The first-order valence-electron chi connectivity index (χ1n) is 6.61. The topological polar surface area (TPSA) is 46.3 Å². The maximum atomic E-state index is 13.3. The van der Waals surface area contributed by atoms with Crippen molar-refractivity contribution in [3.05, 3.63) is 47.1 Å². The van der Waals surface area contributed by atoms with Crippen LogP contribution in [0.25, 0.3) is 0 Å². The molecule has 1 unspecified atom stereocenters. The molecule has 1 aliphatic heterocycles. The molecule has 3 rings (SSSR count). The number of halogens is 1. The van der Waals surface area contributed by atoms with Crippen LogP contribution < -0.4 is 4.90 Å². The molecular weight excluding hydrogens is 259 g/mol. The summed E-state index contributed by atoms with van der Waals surface area (Å²) in [6.45, 7) is 3.73. The maximum Gasteiger partial charge on any atom is 0.280 e. The third-order valence-electron chi connectivity index (χ3n) is 3.64. The molecule has 1 aliphatic rings. The van der Waals surface area contributed by atoms with Crippen LogP contribution in [0.4, 0.5) is 10.1 Å². The van der Waals surface area contributed by atoms with Crippen molar-refractivity contribution in [1.29, 1.82) is 0 Å². The molecule has 1 aromatic carbocycles. The number of aromatic nitrogens is 1. The second kappa shape index (κ2) is 4.74. The van der Waals surface area contributed by atoms with Gasteiger partial charge >= 0.3 is 0 Å². The maximum absolute atomic E-state index is 13.3. The number of carbonyl (C=O) groups is 1. The number of hydrogen-bond acceptors (Lipinski definition) is 3. The quantitative estimate of drug-likeness (QED) is 0.802. The lowest BCUT2D eigenvalue weighted by atomic mass is 9.96. The predicted molar refractivity (Wildman–Crippen MR) is 72.2 cm³/mol. The second-order valence-electron chi connectivity index (χ2n) is 5.16. The molecule has 1 aromatic heterocycles. The summed E-state index contributed by atoms with van der Waals surface area (Å²) in [5.41, 5.74) is 1.90. The smallest absolute Gasteiger partial charge is 0.280 e. The Labute approximate surface area is 116 Å². The van der Waals surface area contributed by atoms with Gasteiger partial charge in [-0.05, 0) is 50.5 Å². The summed E-state index contributed by atoms with van der Waals surface area (Å²) in [6, 6.07) is 6.20. The van der Waals surface area contributed by atoms with E-state index in [-0.39, 0.29) is 23.5 Å². The Hall–Kier alpha value is -2.17. The Morgan fingerprint density at radius 3 is 2.95 bits per heavy atom. The van der Waals surface area contributed by atoms with E-state index in [1.807, 2.05) is 6.92 Å². The van der Waals surface area contributed by atoms with Crippen molar-refractivity contribution >= 4 is 11.6 Å². The van der Waals surface area contributed by atoms with Crippen LogP contribution >= 0.6 is 0 Å². The molecule has 0 saturated heterocycles. The summed E-state index contributed by atoms with van der Waals surface area (Å²) in [6.07, 6.45) is 1.58. The van der Waals surface area contributed by atoms with Gasteiger partial charge in [0, 0.05) is 17.8 Å². The van der Waals surface area contributed by atoms with Crippen LogP contribution in [0.5, 0.6) is 0 Å². The molecule has 2 heterocycles. The highest BCUT2D eigenvalue weighted by atomic mass is 19.1. The van der Waals surface area contributed by atoms with Gasteiger partial charge in [0.15, 0.2) is 5.69 Å². The number of anilines is 1. The summed E-state index contributed by atoms with van der Waals surface area (Å²) >= 11 is 0. The number of hydrogen-bond donors (Lipinski definition) is 0. The largest absolute Gasteiger partial charge is 0.361 e. The van der Waals surface area contributed by atoms with Gasteiger partial charge in [-0.3, -0.25) is 4.79 Å². The summed E-state index contributed by atoms with van der Waals surface area (Å²) in [7, 11) is 0. The lowest BCUT2D eigenvalue weighted by Gasteiger charge is -2.34. The van der Waals surface area contributed by atoms with Gasteiger partial charge in [-0.2, -0.15) is 0 Å². The molecule has 4 nitrogen and oxygen atoms in total. The van der Waals surface area contributed by atoms with Crippen LogP contribution in [0.2, 0.25) is 0 Å². The molecule has 20 heavy (non-hydrogen) atoms. The fourth-order valence-electron chi connectivity index (χ4n) is 2.62. The first kappa shape index (κ1) is 12.8. The van der Waals surface area contributed by atoms with Gasteiger partial charge in [0.25, 0.3) is 5.91 Å². The Balaban J connectivity index is 2.02. The van der Waals surface area contributed by atoms with Crippen molar-refractivity contribution in [2.24, 2.45) is 0 Å². The van der Waals surface area contributed by atoms with Crippen molar-refractivity contribution < 1.29 is 13.7 Å². The van der Waals surface area contributed by atoms with Crippen molar-refractivity contribution in [2.75, 3.05) is 4.90 Å². The summed E-state index contributed by atoms with van der Waals surface area (Å²) in [4.78, 5) is 14.3. The van der Waals surface area contributed by atoms with Crippen LogP contribution in [-0.4, -0.2) is 17.1 Å². The minimum absolute atomic E-state index is 0.0532. The average Bonchev–Trinajstić information content (AvgIpc) is 2.85. The number of carbonyl (C=O) groups excluding carboxylic acids is 1. The summed E-state index contributed by atoms with van der Waals surface area (Å²) < 4.78 is 18.3. The number of rotatable bonds is 1. The highest BCUT2D eigenvalue weighted by Gasteiger charge is 2.30. The third kappa shape index (κ3) is 2.09. The van der Waals surface area contributed by atoms with Crippen LogP contribution in [-0.2, 0) is 6.42 Å². The van der Waals surface area contributed by atoms with E-state index in [2.05, 4.69) is 5.16 Å². The third-order valence-corrected chi connectivity index (χ3v) is 3.64. The van der Waals surface area contributed by atoms with E-state index >= 15 is 0 Å². The van der Waals surface area contributed by atoms with Gasteiger partial charge in [-0.25, -0.2) is 4.39 Å². The minimum Gasteiger partial charge on any atom is -0.361 e. The molecule has 1 amide bonds. The average molecular weight is 274 g/mol. The number of amides is 1. The zero-order valence-corrected chi connectivity index (χ0v) is 11.4. The van der Waals surface area contributed by atoms with Gasteiger partial charge in [0.05, 0.1) is 0 Å². The fourth-order valence-corrected chi connectivity index (χ4v) is 2.62. The Bertz CT molecular complexity index is 666. The Morgan fingerprint density at radius 2 is 2.25 bits per heavy atom. The normalized spacial score (nSPS) is 17.9. The first-order chi connectivity index (χ1) is 9.56. The van der Waals surface area contributed by atoms with Crippen LogP contribution in [0, 0.1) is 12.7 Å². The summed E-state index contributed by atoms with van der Waals surface area (Å²) in [5.74, 6) is 0.113. The molecule has 0 fully saturated rings. The first-order valence-corrected chi connectivity index (χ1v) is 6.61. The monoisotopic (exact) mass is 274 g/mol. The van der Waals surface area contributed by atoms with E-state index in [1.54, 1.807) is 24.0 Å². The fraction of sp³-hybridized carbons (Fsp3) is 0.333. The number of fused-ring (bicyclic) bond motifs is 1. The SMILES string of the molecule is Cc1cc(C(=O)N2c3ccc(F)cc3CCC2C)no1. The summed E-state index contributed by atoms with van der Waals surface area (Å²) in [5, 5.41) is 3.78. The van der Waals surface area contributed by atoms with Crippen molar-refractivity contribution in [2.45, 2.75) is 32.7 Å². The van der Waals surface area contributed by atoms with Gasteiger partial charge in [0.1, 0.15) is 11.6 Å². The molecular formula is C15H15FN2O2. The van der Waals surface area contributed by atoms with E-state index in [1.165, 1.54) is 12.1 Å². The van der Waals surface area contributed by atoms with Gasteiger partial charge in [-0.1, -0.05) is 5.16 Å². The minimum atomic E-state index is -0.275. The van der Waals surface area contributed by atoms with Crippen LogP contribution in [0.1, 0.15) is 35.2 Å². The van der Waals surface area contributed by atoms with Crippen molar-refractivity contribution in [3.8, 4) is 0 Å². The van der Waals surface area contributed by atoms with Gasteiger partial charge in [-0.15, -0.1) is 0 Å². The lowest BCUT2D eigenvalue weighted by Crippen LogP contribution is -2.42. The standard InChI is InChI=1S/C15H15FN2O2/c1-9-3-4-11-8-12(16)5-6-14(11)18(9)15(19)13-7-10(2)20-17-13/h5-9H,3-4H2,1-2H3. The zero-order chi connectivity index (χ0) is 14.3. The molecule has 1 atom stereocenters. The molecule has 0 spiro atoms. The van der Waals surface area contributed by atoms with Crippen LogP contribution in [0.15, 0.2) is 28.8 Å². The lowest BCUT2D eigenvalue weighted by molar-refractivity contribution is 0.0966. The van der Waals surface area contributed by atoms with Gasteiger partial charge < -0.3 is 9.42 Å². The molecule has 0 bridgehead atoms. The molecule has 5 heteroatoms. The van der Waals surface area contributed by atoms with E-state index < -0.39 is 0 Å². The van der Waals surface area contributed by atoms with E-state index in [0.717, 1.165) is 24.1 Å². The highest BCUT2D eigenvalue weighted by molar-refractivity contribution is 6.05. The molecule has 0 aliphatic carbocycles. The second-order valence-corrected chi connectivity index (χ2v) is 5.16. The molecule has 0 radical (unpaired) electrons. The van der Waals surface area contributed by atoms with Crippen LogP contribution in [0.3, 0.4) is 0 Å². The molecule has 104 valence electrons. The van der Waals surface area contributed by atoms with E-state index in [0.29, 0.717) is 5.76 Å². The van der Waals surface area contributed by atoms with E-state index in [4.69, 9.17) is 4.52 Å². The van der Waals surface area contributed by atoms with Crippen molar-refractivity contribution in [1.82, 2.24) is 5.16 Å². The molecule has 2 aromatic rings.